The van der Waals surface area contributed by atoms with Crippen LogP contribution in [-0.2, 0) is 14.8 Å². The van der Waals surface area contributed by atoms with Gasteiger partial charge in [-0.1, -0.05) is 23.7 Å². The van der Waals surface area contributed by atoms with E-state index >= 15 is 0 Å². The molecule has 0 amide bonds. The zero-order valence-corrected chi connectivity index (χ0v) is 12.5. The van der Waals surface area contributed by atoms with Gasteiger partial charge in [-0.25, -0.2) is 13.1 Å². The molecular weight excluding hydrogens is 300 g/mol. The molecule has 0 aliphatic carbocycles. The Kier molecular flexibility index (Phi) is 5.56. The molecule has 1 aromatic carbocycles. The van der Waals surface area contributed by atoms with Crippen LogP contribution < -0.4 is 10.0 Å². The molecule has 0 radical (unpaired) electrons. The first-order chi connectivity index (χ1) is 9.55. The first kappa shape index (κ1) is 15.5. The topological polar surface area (TPSA) is 67.4 Å². The van der Waals surface area contributed by atoms with Crippen molar-refractivity contribution in [3.8, 4) is 0 Å². The van der Waals surface area contributed by atoms with Crippen LogP contribution in [0.25, 0.3) is 6.08 Å². The van der Waals surface area contributed by atoms with E-state index in [1.807, 2.05) is 0 Å². The largest absolute Gasteiger partial charge is 0.374 e. The molecule has 1 unspecified atom stereocenters. The van der Waals surface area contributed by atoms with E-state index in [1.54, 1.807) is 24.3 Å². The van der Waals surface area contributed by atoms with Crippen LogP contribution in [0.4, 0.5) is 0 Å². The molecule has 0 aromatic heterocycles. The van der Waals surface area contributed by atoms with Gasteiger partial charge in [0.05, 0.1) is 12.7 Å². The van der Waals surface area contributed by atoms with Crippen molar-refractivity contribution in [1.29, 1.82) is 0 Å². The molecule has 110 valence electrons. The fraction of sp³-hybridized carbons (Fsp3) is 0.385. The molecule has 1 saturated heterocycles. The second-order valence-electron chi connectivity index (χ2n) is 4.44. The lowest BCUT2D eigenvalue weighted by Crippen LogP contribution is -2.44. The highest BCUT2D eigenvalue weighted by molar-refractivity contribution is 7.92. The summed E-state index contributed by atoms with van der Waals surface area (Å²) in [6.07, 6.45) is 1.40. The monoisotopic (exact) mass is 316 g/mol. The average Bonchev–Trinajstić information content (AvgIpc) is 2.46. The highest BCUT2D eigenvalue weighted by Gasteiger charge is 2.15. The predicted molar refractivity (Wildman–Crippen MR) is 80.0 cm³/mol. The second kappa shape index (κ2) is 7.19. The SMILES string of the molecule is O=S(=O)(/C=C/c1ccc(Cl)cc1)NCC1CNCCO1. The van der Waals surface area contributed by atoms with E-state index < -0.39 is 10.0 Å². The standard InChI is InChI=1S/C13H17ClN2O3S/c14-12-3-1-11(2-4-12)5-8-20(17,18)16-10-13-9-15-6-7-19-13/h1-5,8,13,15-16H,6-7,9-10H2/b8-5+. The van der Waals surface area contributed by atoms with Crippen molar-refractivity contribution in [3.05, 3.63) is 40.3 Å². The van der Waals surface area contributed by atoms with Gasteiger partial charge in [-0.2, -0.15) is 0 Å². The molecule has 7 heteroatoms. The van der Waals surface area contributed by atoms with Crippen molar-refractivity contribution in [2.75, 3.05) is 26.2 Å². The van der Waals surface area contributed by atoms with Gasteiger partial charge in [0, 0.05) is 30.1 Å². The van der Waals surface area contributed by atoms with Crippen LogP contribution in [0.15, 0.2) is 29.7 Å². The first-order valence-electron chi connectivity index (χ1n) is 6.31. The summed E-state index contributed by atoms with van der Waals surface area (Å²) in [5.41, 5.74) is 0.773. The minimum atomic E-state index is -3.46. The fourth-order valence-corrected chi connectivity index (χ4v) is 2.73. The summed E-state index contributed by atoms with van der Waals surface area (Å²) in [5.74, 6) is 0. The first-order valence-corrected chi connectivity index (χ1v) is 8.23. The van der Waals surface area contributed by atoms with Gasteiger partial charge in [-0.15, -0.1) is 0 Å². The van der Waals surface area contributed by atoms with Crippen LogP contribution in [0.1, 0.15) is 5.56 Å². The third-order valence-electron chi connectivity index (χ3n) is 2.83. The smallest absolute Gasteiger partial charge is 0.233 e. The van der Waals surface area contributed by atoms with E-state index in [2.05, 4.69) is 10.0 Å². The van der Waals surface area contributed by atoms with Crippen LogP contribution in [0, 0.1) is 0 Å². The Balaban J connectivity index is 1.88. The quantitative estimate of drug-likeness (QED) is 0.857. The van der Waals surface area contributed by atoms with Crippen molar-refractivity contribution >= 4 is 27.7 Å². The minimum Gasteiger partial charge on any atom is -0.374 e. The zero-order valence-electron chi connectivity index (χ0n) is 10.9. The van der Waals surface area contributed by atoms with Crippen molar-refractivity contribution in [1.82, 2.24) is 10.0 Å². The van der Waals surface area contributed by atoms with E-state index in [0.29, 0.717) is 18.2 Å². The van der Waals surface area contributed by atoms with Crippen LogP contribution in [0.3, 0.4) is 0 Å². The summed E-state index contributed by atoms with van der Waals surface area (Å²) in [6, 6.07) is 6.93. The molecule has 2 N–H and O–H groups in total. The van der Waals surface area contributed by atoms with Crippen LogP contribution in [0.5, 0.6) is 0 Å². The Morgan fingerprint density at radius 2 is 2.15 bits per heavy atom. The third kappa shape index (κ3) is 5.22. The number of ether oxygens (including phenoxy) is 1. The van der Waals surface area contributed by atoms with E-state index in [4.69, 9.17) is 16.3 Å². The predicted octanol–water partition coefficient (Wildman–Crippen LogP) is 1.22. The Morgan fingerprint density at radius 1 is 1.40 bits per heavy atom. The van der Waals surface area contributed by atoms with Crippen LogP contribution in [-0.4, -0.2) is 40.8 Å². The number of hydrogen-bond acceptors (Lipinski definition) is 4. The zero-order chi connectivity index (χ0) is 14.4. The summed E-state index contributed by atoms with van der Waals surface area (Å²) in [7, 11) is -3.46. The third-order valence-corrected chi connectivity index (χ3v) is 4.14. The van der Waals surface area contributed by atoms with Gasteiger partial charge in [0.25, 0.3) is 0 Å². The number of halogens is 1. The molecule has 1 heterocycles. The Bertz CT molecular complexity index is 551. The minimum absolute atomic E-state index is 0.123. The molecule has 20 heavy (non-hydrogen) atoms. The lowest BCUT2D eigenvalue weighted by atomic mass is 10.2. The Labute approximate surface area is 124 Å². The molecule has 1 aromatic rings. The molecule has 1 aliphatic heterocycles. The van der Waals surface area contributed by atoms with Crippen molar-refractivity contribution in [3.63, 3.8) is 0 Å². The van der Waals surface area contributed by atoms with E-state index in [-0.39, 0.29) is 12.6 Å². The number of benzene rings is 1. The molecular formula is C13H17ClN2O3S. The highest BCUT2D eigenvalue weighted by Crippen LogP contribution is 2.11. The van der Waals surface area contributed by atoms with Gasteiger partial charge in [0.15, 0.2) is 0 Å². The molecule has 0 saturated carbocycles. The molecule has 1 aliphatic rings. The lowest BCUT2D eigenvalue weighted by Gasteiger charge is -2.23. The second-order valence-corrected chi connectivity index (χ2v) is 6.53. The number of hydrogen-bond donors (Lipinski definition) is 2. The maximum absolute atomic E-state index is 11.8. The van der Waals surface area contributed by atoms with Gasteiger partial charge in [0.1, 0.15) is 0 Å². The van der Waals surface area contributed by atoms with Gasteiger partial charge >= 0.3 is 0 Å². The summed E-state index contributed by atoms with van der Waals surface area (Å²) in [4.78, 5) is 0. The normalized spacial score (nSPS) is 20.4. The van der Waals surface area contributed by atoms with Crippen LogP contribution in [0.2, 0.25) is 5.02 Å². The van der Waals surface area contributed by atoms with Gasteiger partial charge in [0.2, 0.25) is 10.0 Å². The number of rotatable bonds is 5. The maximum atomic E-state index is 11.8. The Hall–Kier alpha value is -0.920. The highest BCUT2D eigenvalue weighted by atomic mass is 35.5. The molecule has 0 spiro atoms. The van der Waals surface area contributed by atoms with E-state index in [9.17, 15) is 8.42 Å². The average molecular weight is 317 g/mol. The number of sulfonamides is 1. The molecule has 5 nitrogen and oxygen atoms in total. The number of nitrogens with one attached hydrogen (secondary N) is 2. The Morgan fingerprint density at radius 3 is 2.80 bits per heavy atom. The fourth-order valence-electron chi connectivity index (χ4n) is 1.75. The van der Waals surface area contributed by atoms with Crippen LogP contribution >= 0.6 is 11.6 Å². The van der Waals surface area contributed by atoms with Crippen molar-refractivity contribution in [2.45, 2.75) is 6.10 Å². The molecule has 2 rings (SSSR count). The summed E-state index contributed by atoms with van der Waals surface area (Å²) in [6.45, 7) is 2.33. The van der Waals surface area contributed by atoms with Gasteiger partial charge in [-0.05, 0) is 23.8 Å². The van der Waals surface area contributed by atoms with Gasteiger partial charge < -0.3 is 10.1 Å². The lowest BCUT2D eigenvalue weighted by molar-refractivity contribution is 0.0324. The van der Waals surface area contributed by atoms with Crippen molar-refractivity contribution in [2.24, 2.45) is 0 Å². The summed E-state index contributed by atoms with van der Waals surface area (Å²) >= 11 is 5.76. The summed E-state index contributed by atoms with van der Waals surface area (Å²) in [5, 5.41) is 4.91. The molecule has 1 atom stereocenters. The van der Waals surface area contributed by atoms with E-state index in [1.165, 1.54) is 6.08 Å². The van der Waals surface area contributed by atoms with E-state index in [0.717, 1.165) is 17.5 Å². The molecule has 1 fully saturated rings. The van der Waals surface area contributed by atoms with Gasteiger partial charge in [-0.3, -0.25) is 0 Å². The summed E-state index contributed by atoms with van der Waals surface area (Å²) < 4.78 is 31.6. The molecule has 0 bridgehead atoms. The van der Waals surface area contributed by atoms with Crippen molar-refractivity contribution < 1.29 is 13.2 Å². The maximum Gasteiger partial charge on any atom is 0.233 e. The number of morpholine rings is 1.